The number of rotatable bonds is 2. The summed E-state index contributed by atoms with van der Waals surface area (Å²) in [5.41, 5.74) is 0.390. The maximum Gasteiger partial charge on any atom is 0.0602 e. The molecule has 1 saturated carbocycles. The van der Waals surface area contributed by atoms with E-state index in [9.17, 15) is 0 Å². The summed E-state index contributed by atoms with van der Waals surface area (Å²) in [7, 11) is 0. The fraction of sp³-hybridized carbons (Fsp3) is 0.857. The number of nitrogens with one attached hydrogen (secondary N) is 1. The van der Waals surface area contributed by atoms with Gasteiger partial charge in [0.05, 0.1) is 6.54 Å². The Bertz CT molecular complexity index is 260. The van der Waals surface area contributed by atoms with Crippen LogP contribution in [0.1, 0.15) is 45.4 Å². The Kier molecular flexibility index (Phi) is 3.89. The minimum atomic E-state index is 0.390. The summed E-state index contributed by atoms with van der Waals surface area (Å²) >= 11 is 0. The van der Waals surface area contributed by atoms with Crippen molar-refractivity contribution in [3.63, 3.8) is 0 Å². The first kappa shape index (κ1) is 12.0. The van der Waals surface area contributed by atoms with Crippen LogP contribution in [-0.4, -0.2) is 36.1 Å². The van der Waals surface area contributed by atoms with Crippen molar-refractivity contribution < 1.29 is 0 Å². The van der Waals surface area contributed by atoms with E-state index >= 15 is 0 Å². The molecule has 1 N–H and O–H groups in total. The van der Waals surface area contributed by atoms with Crippen molar-refractivity contribution in [1.82, 2.24) is 10.2 Å². The van der Waals surface area contributed by atoms with Gasteiger partial charge in [-0.15, -0.1) is 6.42 Å². The lowest BCUT2D eigenvalue weighted by atomic mass is 9.79. The van der Waals surface area contributed by atoms with Gasteiger partial charge in [0.25, 0.3) is 0 Å². The van der Waals surface area contributed by atoms with Crippen LogP contribution in [0.5, 0.6) is 0 Å². The number of piperazine rings is 1. The Balaban J connectivity index is 2.01. The molecule has 1 saturated heterocycles. The highest BCUT2D eigenvalue weighted by Gasteiger charge is 2.38. The summed E-state index contributed by atoms with van der Waals surface area (Å²) in [4.78, 5) is 2.52. The van der Waals surface area contributed by atoms with E-state index in [1.165, 1.54) is 38.5 Å². The highest BCUT2D eigenvalue weighted by atomic mass is 15.2. The van der Waals surface area contributed by atoms with Crippen molar-refractivity contribution in [1.29, 1.82) is 0 Å². The summed E-state index contributed by atoms with van der Waals surface area (Å²) in [6.45, 7) is 5.37. The van der Waals surface area contributed by atoms with Crippen molar-refractivity contribution in [3.8, 4) is 12.3 Å². The lowest BCUT2D eigenvalue weighted by Gasteiger charge is -2.49. The standard InChI is InChI=1S/C14H24N2/c1-3-10-16-12-14(8-6-5-7-9-14)15-11-13(16)4-2/h1,13,15H,4-12H2,2H3. The lowest BCUT2D eigenvalue weighted by molar-refractivity contribution is 0.0644. The van der Waals surface area contributed by atoms with E-state index in [0.29, 0.717) is 11.6 Å². The van der Waals surface area contributed by atoms with E-state index in [1.807, 2.05) is 0 Å². The molecule has 0 aromatic carbocycles. The van der Waals surface area contributed by atoms with E-state index in [2.05, 4.69) is 23.1 Å². The van der Waals surface area contributed by atoms with Gasteiger partial charge in [-0.25, -0.2) is 0 Å². The van der Waals surface area contributed by atoms with E-state index in [-0.39, 0.29) is 0 Å². The fourth-order valence-electron chi connectivity index (χ4n) is 3.31. The van der Waals surface area contributed by atoms with E-state index in [1.54, 1.807) is 0 Å². The molecule has 2 rings (SSSR count). The SMILES string of the molecule is C#CCN1CC2(CCCCC2)NCC1CC. The van der Waals surface area contributed by atoms with Crippen LogP contribution in [0.3, 0.4) is 0 Å². The second-order valence-corrected chi connectivity index (χ2v) is 5.39. The molecule has 90 valence electrons. The minimum absolute atomic E-state index is 0.390. The predicted octanol–water partition coefficient (Wildman–Crippen LogP) is 2.01. The first-order valence-electron chi connectivity index (χ1n) is 6.72. The zero-order chi connectivity index (χ0) is 11.4. The Morgan fingerprint density at radius 3 is 2.75 bits per heavy atom. The summed E-state index contributed by atoms with van der Waals surface area (Å²) in [6.07, 6.45) is 13.5. The van der Waals surface area contributed by atoms with Crippen LogP contribution in [0.25, 0.3) is 0 Å². The third-order valence-electron chi connectivity index (χ3n) is 4.31. The second kappa shape index (κ2) is 5.21. The Labute approximate surface area is 99.8 Å². The molecule has 2 nitrogen and oxygen atoms in total. The maximum atomic E-state index is 5.48. The van der Waals surface area contributed by atoms with Crippen molar-refractivity contribution >= 4 is 0 Å². The van der Waals surface area contributed by atoms with E-state index in [0.717, 1.165) is 19.6 Å². The zero-order valence-corrected chi connectivity index (χ0v) is 10.5. The number of nitrogens with zero attached hydrogens (tertiary/aromatic N) is 1. The predicted molar refractivity (Wildman–Crippen MR) is 68.3 cm³/mol. The van der Waals surface area contributed by atoms with Crippen LogP contribution >= 0.6 is 0 Å². The van der Waals surface area contributed by atoms with E-state index < -0.39 is 0 Å². The third-order valence-corrected chi connectivity index (χ3v) is 4.31. The molecule has 1 unspecified atom stereocenters. The quantitative estimate of drug-likeness (QED) is 0.716. The van der Waals surface area contributed by atoms with Crippen molar-refractivity contribution in [3.05, 3.63) is 0 Å². The average molecular weight is 220 g/mol. The Morgan fingerprint density at radius 2 is 2.12 bits per heavy atom. The molecule has 0 bridgehead atoms. The molecule has 1 spiro atoms. The van der Waals surface area contributed by atoms with Crippen LogP contribution in [0.2, 0.25) is 0 Å². The van der Waals surface area contributed by atoms with Crippen LogP contribution in [0, 0.1) is 12.3 Å². The fourth-order valence-corrected chi connectivity index (χ4v) is 3.31. The van der Waals surface area contributed by atoms with Gasteiger partial charge in [0, 0.05) is 24.7 Å². The Hall–Kier alpha value is -0.520. The molecule has 1 atom stereocenters. The molecule has 2 heteroatoms. The van der Waals surface area contributed by atoms with Crippen LogP contribution < -0.4 is 5.32 Å². The molecule has 1 aliphatic carbocycles. The van der Waals surface area contributed by atoms with Crippen molar-refractivity contribution in [2.75, 3.05) is 19.6 Å². The molecular formula is C14H24N2. The van der Waals surface area contributed by atoms with E-state index in [4.69, 9.17) is 6.42 Å². The molecule has 0 radical (unpaired) electrons. The van der Waals surface area contributed by atoms with Gasteiger partial charge in [-0.05, 0) is 19.3 Å². The average Bonchev–Trinajstić information content (AvgIpc) is 2.31. The molecule has 1 heterocycles. The smallest absolute Gasteiger partial charge is 0.0602 e. The molecular weight excluding hydrogens is 196 g/mol. The molecule has 0 amide bonds. The van der Waals surface area contributed by atoms with Gasteiger partial charge in [-0.3, -0.25) is 4.90 Å². The zero-order valence-electron chi connectivity index (χ0n) is 10.5. The highest BCUT2D eigenvalue weighted by molar-refractivity contribution is 5.02. The number of terminal acetylenes is 1. The molecule has 2 aliphatic rings. The second-order valence-electron chi connectivity index (χ2n) is 5.39. The molecule has 0 aromatic heterocycles. The molecule has 16 heavy (non-hydrogen) atoms. The van der Waals surface area contributed by atoms with Crippen molar-refractivity contribution in [2.45, 2.75) is 57.0 Å². The van der Waals surface area contributed by atoms with Gasteiger partial charge in [0.15, 0.2) is 0 Å². The van der Waals surface area contributed by atoms with Gasteiger partial charge >= 0.3 is 0 Å². The summed E-state index contributed by atoms with van der Waals surface area (Å²) in [6, 6.07) is 0.642. The number of hydrogen-bond acceptors (Lipinski definition) is 2. The minimum Gasteiger partial charge on any atom is -0.308 e. The molecule has 0 aromatic rings. The first-order valence-corrected chi connectivity index (χ1v) is 6.72. The van der Waals surface area contributed by atoms with Gasteiger partial charge in [-0.1, -0.05) is 32.1 Å². The summed E-state index contributed by atoms with van der Waals surface area (Å²) in [5, 5.41) is 3.81. The topological polar surface area (TPSA) is 15.3 Å². The lowest BCUT2D eigenvalue weighted by Crippen LogP contribution is -2.64. The van der Waals surface area contributed by atoms with Gasteiger partial charge in [0.1, 0.15) is 0 Å². The van der Waals surface area contributed by atoms with Gasteiger partial charge in [-0.2, -0.15) is 0 Å². The monoisotopic (exact) mass is 220 g/mol. The highest BCUT2D eigenvalue weighted by Crippen LogP contribution is 2.32. The number of hydrogen-bond donors (Lipinski definition) is 1. The maximum absolute atomic E-state index is 5.48. The Morgan fingerprint density at radius 1 is 1.38 bits per heavy atom. The van der Waals surface area contributed by atoms with Gasteiger partial charge < -0.3 is 5.32 Å². The molecule has 2 fully saturated rings. The van der Waals surface area contributed by atoms with Crippen LogP contribution in [0.4, 0.5) is 0 Å². The summed E-state index contributed by atoms with van der Waals surface area (Å²) < 4.78 is 0. The van der Waals surface area contributed by atoms with Gasteiger partial charge in [0.2, 0.25) is 0 Å². The van der Waals surface area contributed by atoms with Crippen molar-refractivity contribution in [2.24, 2.45) is 0 Å². The normalized spacial score (nSPS) is 30.1. The van der Waals surface area contributed by atoms with Crippen LogP contribution in [-0.2, 0) is 0 Å². The molecule has 1 aliphatic heterocycles. The summed E-state index contributed by atoms with van der Waals surface area (Å²) in [5.74, 6) is 2.82. The third kappa shape index (κ3) is 2.42. The largest absolute Gasteiger partial charge is 0.308 e. The van der Waals surface area contributed by atoms with Crippen LogP contribution in [0.15, 0.2) is 0 Å². The first-order chi connectivity index (χ1) is 7.79.